The Morgan fingerprint density at radius 2 is 1.63 bits per heavy atom. The molecule has 1 heterocycles. The number of ether oxygens (including phenoxy) is 2. The minimum Gasteiger partial charge on any atom is -0.497 e. The summed E-state index contributed by atoms with van der Waals surface area (Å²) in [4.78, 5) is 16.4. The zero-order chi connectivity index (χ0) is 19.1. The summed E-state index contributed by atoms with van der Waals surface area (Å²) in [5, 5.41) is 2.93. The summed E-state index contributed by atoms with van der Waals surface area (Å²) in [5.74, 6) is 1.23. The molecule has 0 spiro atoms. The van der Waals surface area contributed by atoms with Gasteiger partial charge in [0, 0.05) is 29.7 Å². The van der Waals surface area contributed by atoms with E-state index in [1.807, 2.05) is 48.5 Å². The Bertz CT molecular complexity index is 893. The van der Waals surface area contributed by atoms with Crippen molar-refractivity contribution in [1.82, 2.24) is 4.98 Å². The Morgan fingerprint density at radius 1 is 0.926 bits per heavy atom. The first-order valence-electron chi connectivity index (χ1n) is 8.66. The number of nitrogens with zero attached hydrogens (tertiary/aromatic N) is 1. The number of pyridine rings is 1. The van der Waals surface area contributed by atoms with Crippen LogP contribution in [0.15, 0.2) is 67.0 Å². The van der Waals surface area contributed by atoms with Crippen LogP contribution in [0.1, 0.15) is 16.7 Å². The van der Waals surface area contributed by atoms with E-state index in [1.165, 1.54) is 11.1 Å². The lowest BCUT2D eigenvalue weighted by Gasteiger charge is -2.11. The van der Waals surface area contributed by atoms with Gasteiger partial charge in [-0.2, -0.15) is 0 Å². The van der Waals surface area contributed by atoms with Crippen LogP contribution in [0.25, 0.3) is 0 Å². The van der Waals surface area contributed by atoms with Crippen LogP contribution >= 0.6 is 0 Å². The van der Waals surface area contributed by atoms with Gasteiger partial charge in [0.15, 0.2) is 0 Å². The molecule has 0 bridgehead atoms. The summed E-state index contributed by atoms with van der Waals surface area (Å²) in [5.41, 5.74) is 3.96. The number of hydrogen-bond acceptors (Lipinski definition) is 4. The molecular weight excluding hydrogens is 340 g/mol. The minimum absolute atomic E-state index is 0.0969. The molecule has 0 saturated heterocycles. The lowest BCUT2D eigenvalue weighted by Crippen LogP contribution is -2.15. The fourth-order valence-electron chi connectivity index (χ4n) is 2.82. The van der Waals surface area contributed by atoms with Crippen molar-refractivity contribution in [2.45, 2.75) is 12.8 Å². The van der Waals surface area contributed by atoms with Gasteiger partial charge in [-0.05, 0) is 47.9 Å². The highest BCUT2D eigenvalue weighted by atomic mass is 16.5. The molecule has 0 saturated carbocycles. The number of aromatic nitrogens is 1. The predicted molar refractivity (Wildman–Crippen MR) is 105 cm³/mol. The first-order valence-corrected chi connectivity index (χ1v) is 8.66. The number of anilines is 1. The van der Waals surface area contributed by atoms with Crippen molar-refractivity contribution >= 4 is 11.6 Å². The van der Waals surface area contributed by atoms with Crippen molar-refractivity contribution in [1.29, 1.82) is 0 Å². The molecule has 0 aliphatic heterocycles. The summed E-state index contributed by atoms with van der Waals surface area (Å²) >= 11 is 0. The third kappa shape index (κ3) is 5.07. The number of carbonyl (C=O) groups excluding carboxylic acids is 1. The van der Waals surface area contributed by atoms with Crippen LogP contribution < -0.4 is 14.8 Å². The SMILES string of the molecule is COc1ccc(CC(=O)Nc2ccc(Cc3ccncc3)cc2)c(OC)c1. The minimum atomic E-state index is -0.0969. The molecule has 0 aliphatic carbocycles. The maximum Gasteiger partial charge on any atom is 0.228 e. The Kier molecular flexibility index (Phi) is 6.05. The summed E-state index contributed by atoms with van der Waals surface area (Å²) in [6, 6.07) is 17.3. The van der Waals surface area contributed by atoms with Gasteiger partial charge in [0.2, 0.25) is 5.91 Å². The van der Waals surface area contributed by atoms with Gasteiger partial charge in [0.1, 0.15) is 11.5 Å². The van der Waals surface area contributed by atoms with Crippen LogP contribution in [0.5, 0.6) is 11.5 Å². The van der Waals surface area contributed by atoms with E-state index in [-0.39, 0.29) is 12.3 Å². The maximum absolute atomic E-state index is 12.4. The van der Waals surface area contributed by atoms with E-state index in [1.54, 1.807) is 32.7 Å². The number of methoxy groups -OCH3 is 2. The molecule has 0 radical (unpaired) electrons. The summed E-state index contributed by atoms with van der Waals surface area (Å²) in [7, 11) is 3.18. The fraction of sp³-hybridized carbons (Fsp3) is 0.182. The van der Waals surface area contributed by atoms with Gasteiger partial charge in [0.25, 0.3) is 0 Å². The van der Waals surface area contributed by atoms with E-state index in [0.29, 0.717) is 11.5 Å². The van der Waals surface area contributed by atoms with Gasteiger partial charge in [-0.3, -0.25) is 9.78 Å². The number of amides is 1. The van der Waals surface area contributed by atoms with E-state index in [4.69, 9.17) is 9.47 Å². The Morgan fingerprint density at radius 3 is 2.30 bits per heavy atom. The Hall–Kier alpha value is -3.34. The Labute approximate surface area is 159 Å². The fourth-order valence-corrected chi connectivity index (χ4v) is 2.82. The van der Waals surface area contributed by atoms with Crippen molar-refractivity contribution < 1.29 is 14.3 Å². The summed E-state index contributed by atoms with van der Waals surface area (Å²) in [6.45, 7) is 0. The Balaban J connectivity index is 1.61. The topological polar surface area (TPSA) is 60.5 Å². The molecule has 2 aromatic carbocycles. The highest BCUT2D eigenvalue weighted by Gasteiger charge is 2.10. The quantitative estimate of drug-likeness (QED) is 0.693. The average molecular weight is 362 g/mol. The highest BCUT2D eigenvalue weighted by Crippen LogP contribution is 2.25. The molecule has 5 nitrogen and oxygen atoms in total. The molecule has 3 rings (SSSR count). The molecule has 1 N–H and O–H groups in total. The van der Waals surface area contributed by atoms with Crippen LogP contribution in [-0.2, 0) is 17.6 Å². The van der Waals surface area contributed by atoms with Crippen LogP contribution in [-0.4, -0.2) is 25.1 Å². The van der Waals surface area contributed by atoms with Crippen LogP contribution in [0.2, 0.25) is 0 Å². The van der Waals surface area contributed by atoms with Crippen molar-refractivity contribution in [3.8, 4) is 11.5 Å². The zero-order valence-corrected chi connectivity index (χ0v) is 15.4. The van der Waals surface area contributed by atoms with Gasteiger partial charge in [-0.15, -0.1) is 0 Å². The van der Waals surface area contributed by atoms with Crippen molar-refractivity contribution in [2.75, 3.05) is 19.5 Å². The normalized spacial score (nSPS) is 10.3. The molecular formula is C22H22N2O3. The summed E-state index contributed by atoms with van der Waals surface area (Å²) < 4.78 is 10.5. The number of nitrogens with one attached hydrogen (secondary N) is 1. The molecule has 3 aromatic rings. The number of carbonyl (C=O) groups is 1. The second-order valence-electron chi connectivity index (χ2n) is 6.13. The van der Waals surface area contributed by atoms with E-state index < -0.39 is 0 Å². The molecule has 0 unspecified atom stereocenters. The summed E-state index contributed by atoms with van der Waals surface area (Å²) in [6.07, 6.45) is 4.64. The second-order valence-corrected chi connectivity index (χ2v) is 6.13. The monoisotopic (exact) mass is 362 g/mol. The van der Waals surface area contributed by atoms with Gasteiger partial charge >= 0.3 is 0 Å². The molecule has 0 aliphatic rings. The molecule has 138 valence electrons. The molecule has 27 heavy (non-hydrogen) atoms. The van der Waals surface area contributed by atoms with E-state index in [9.17, 15) is 4.79 Å². The van der Waals surface area contributed by atoms with Crippen molar-refractivity contribution in [3.05, 3.63) is 83.7 Å². The smallest absolute Gasteiger partial charge is 0.228 e. The average Bonchev–Trinajstić information content (AvgIpc) is 2.70. The highest BCUT2D eigenvalue weighted by molar-refractivity contribution is 5.92. The molecule has 1 aromatic heterocycles. The molecule has 0 atom stereocenters. The lowest BCUT2D eigenvalue weighted by atomic mass is 10.1. The first-order chi connectivity index (χ1) is 13.2. The number of hydrogen-bond donors (Lipinski definition) is 1. The van der Waals surface area contributed by atoms with Gasteiger partial charge < -0.3 is 14.8 Å². The van der Waals surface area contributed by atoms with Gasteiger partial charge in [0.05, 0.1) is 20.6 Å². The predicted octanol–water partition coefficient (Wildman–Crippen LogP) is 3.87. The molecule has 1 amide bonds. The number of rotatable bonds is 7. The van der Waals surface area contributed by atoms with E-state index >= 15 is 0 Å². The third-order valence-electron chi connectivity index (χ3n) is 4.24. The second kappa shape index (κ2) is 8.85. The van der Waals surface area contributed by atoms with Gasteiger partial charge in [-0.25, -0.2) is 0 Å². The van der Waals surface area contributed by atoms with Crippen molar-refractivity contribution in [2.24, 2.45) is 0 Å². The first kappa shape index (κ1) is 18.5. The lowest BCUT2D eigenvalue weighted by molar-refractivity contribution is -0.115. The van der Waals surface area contributed by atoms with Crippen LogP contribution in [0.3, 0.4) is 0 Å². The largest absolute Gasteiger partial charge is 0.497 e. The molecule has 0 fully saturated rings. The maximum atomic E-state index is 12.4. The standard InChI is InChI=1S/C22H22N2O3/c1-26-20-8-5-18(21(15-20)27-2)14-22(25)24-19-6-3-16(4-7-19)13-17-9-11-23-12-10-17/h3-12,15H,13-14H2,1-2H3,(H,24,25). The third-order valence-corrected chi connectivity index (χ3v) is 4.24. The van der Waals surface area contributed by atoms with Gasteiger partial charge in [-0.1, -0.05) is 18.2 Å². The van der Waals surface area contributed by atoms with E-state index in [0.717, 1.165) is 17.7 Å². The van der Waals surface area contributed by atoms with Crippen LogP contribution in [0, 0.1) is 0 Å². The van der Waals surface area contributed by atoms with E-state index in [2.05, 4.69) is 10.3 Å². The van der Waals surface area contributed by atoms with Crippen LogP contribution in [0.4, 0.5) is 5.69 Å². The molecule has 5 heteroatoms. The number of benzene rings is 2. The zero-order valence-electron chi connectivity index (χ0n) is 15.4. The van der Waals surface area contributed by atoms with Crippen molar-refractivity contribution in [3.63, 3.8) is 0 Å².